The Kier molecular flexibility index (Phi) is 8.82. The van der Waals surface area contributed by atoms with E-state index in [1.807, 2.05) is 32.0 Å². The van der Waals surface area contributed by atoms with Gasteiger partial charge in [-0.25, -0.2) is 4.98 Å². The molecule has 1 aromatic heterocycles. The van der Waals surface area contributed by atoms with E-state index in [1.54, 1.807) is 26.4 Å². The Morgan fingerprint density at radius 2 is 1.83 bits per heavy atom. The highest BCUT2D eigenvalue weighted by Crippen LogP contribution is 2.31. The van der Waals surface area contributed by atoms with Gasteiger partial charge in [-0.15, -0.1) is 0 Å². The molecule has 2 heterocycles. The van der Waals surface area contributed by atoms with E-state index in [1.165, 1.54) is 4.90 Å². The van der Waals surface area contributed by atoms with E-state index >= 15 is 0 Å². The molecule has 0 atom stereocenters. The van der Waals surface area contributed by atoms with Crippen LogP contribution in [0.15, 0.2) is 30.5 Å². The monoisotopic (exact) mass is 493 g/mol. The van der Waals surface area contributed by atoms with Crippen LogP contribution in [0, 0.1) is 13.8 Å². The standard InChI is InChI=1S/C25H34F3N5O2/c1-18-6-7-21(22(15-18)35-17-25(26,27)28)33-12-10-32(11-13-33)9-5-8-29-23-20(24(34)31(3)4)14-19(2)16-30-23/h6-7,14-16H,5,8-13,17H2,1-4H3,(H,29,30). The summed E-state index contributed by atoms with van der Waals surface area (Å²) in [7, 11) is 3.44. The zero-order valence-electron chi connectivity index (χ0n) is 20.8. The van der Waals surface area contributed by atoms with E-state index in [9.17, 15) is 18.0 Å². The van der Waals surface area contributed by atoms with Crippen LogP contribution in [0.1, 0.15) is 27.9 Å². The van der Waals surface area contributed by atoms with E-state index in [-0.39, 0.29) is 11.7 Å². The molecular weight excluding hydrogens is 459 g/mol. The summed E-state index contributed by atoms with van der Waals surface area (Å²) in [6, 6.07) is 7.23. The van der Waals surface area contributed by atoms with Gasteiger partial charge in [-0.2, -0.15) is 13.2 Å². The highest BCUT2D eigenvalue weighted by molar-refractivity contribution is 5.98. The number of aromatic nitrogens is 1. The quantitative estimate of drug-likeness (QED) is 0.534. The summed E-state index contributed by atoms with van der Waals surface area (Å²) in [5, 5.41) is 3.29. The minimum atomic E-state index is -4.37. The molecule has 0 radical (unpaired) electrons. The number of hydrogen-bond donors (Lipinski definition) is 1. The van der Waals surface area contributed by atoms with Gasteiger partial charge in [0.1, 0.15) is 11.6 Å². The highest BCUT2D eigenvalue weighted by Gasteiger charge is 2.29. The molecule has 10 heteroatoms. The van der Waals surface area contributed by atoms with Crippen LogP contribution in [-0.4, -0.2) is 86.8 Å². The number of benzene rings is 1. The smallest absolute Gasteiger partial charge is 0.422 e. The lowest BCUT2D eigenvalue weighted by atomic mass is 10.1. The summed E-state index contributed by atoms with van der Waals surface area (Å²) >= 11 is 0. The number of carbonyl (C=O) groups is 1. The van der Waals surface area contributed by atoms with Crippen LogP contribution >= 0.6 is 0 Å². The number of anilines is 2. The Hall–Kier alpha value is -3.01. The molecule has 1 aromatic carbocycles. The number of nitrogens with one attached hydrogen (secondary N) is 1. The molecule has 3 rings (SSSR count). The van der Waals surface area contributed by atoms with Crippen molar-refractivity contribution in [3.05, 3.63) is 47.2 Å². The zero-order chi connectivity index (χ0) is 25.6. The van der Waals surface area contributed by atoms with Crippen molar-refractivity contribution in [3.8, 4) is 5.75 Å². The number of pyridine rings is 1. The van der Waals surface area contributed by atoms with E-state index in [4.69, 9.17) is 4.74 Å². The van der Waals surface area contributed by atoms with E-state index < -0.39 is 12.8 Å². The number of nitrogens with zero attached hydrogens (tertiary/aromatic N) is 4. The maximum atomic E-state index is 12.7. The highest BCUT2D eigenvalue weighted by atomic mass is 19.4. The zero-order valence-corrected chi connectivity index (χ0v) is 20.8. The van der Waals surface area contributed by atoms with Crippen molar-refractivity contribution in [1.29, 1.82) is 0 Å². The second-order valence-electron chi connectivity index (χ2n) is 9.09. The van der Waals surface area contributed by atoms with Crippen LogP contribution in [-0.2, 0) is 0 Å². The Morgan fingerprint density at radius 1 is 1.11 bits per heavy atom. The van der Waals surface area contributed by atoms with Crippen molar-refractivity contribution < 1.29 is 22.7 Å². The molecule has 0 spiro atoms. The summed E-state index contributed by atoms with van der Waals surface area (Å²) in [4.78, 5) is 22.8. The van der Waals surface area contributed by atoms with Gasteiger partial charge in [0.2, 0.25) is 0 Å². The minimum absolute atomic E-state index is 0.0884. The molecule has 0 aliphatic carbocycles. The summed E-state index contributed by atoms with van der Waals surface area (Å²) in [6.07, 6.45) is -1.76. The molecule has 7 nitrogen and oxygen atoms in total. The van der Waals surface area contributed by atoms with Crippen LogP contribution < -0.4 is 15.0 Å². The number of halogens is 3. The van der Waals surface area contributed by atoms with Crippen molar-refractivity contribution in [2.45, 2.75) is 26.4 Å². The second-order valence-corrected chi connectivity index (χ2v) is 9.09. The number of piperazine rings is 1. The molecular formula is C25H34F3N5O2. The van der Waals surface area contributed by atoms with Crippen molar-refractivity contribution in [2.24, 2.45) is 0 Å². The largest absolute Gasteiger partial charge is 0.482 e. The van der Waals surface area contributed by atoms with Crippen LogP contribution in [0.5, 0.6) is 5.75 Å². The van der Waals surface area contributed by atoms with Crippen molar-refractivity contribution in [2.75, 3.05) is 70.2 Å². The molecule has 0 saturated carbocycles. The maximum Gasteiger partial charge on any atom is 0.422 e. The molecule has 1 fully saturated rings. The molecule has 35 heavy (non-hydrogen) atoms. The maximum absolute atomic E-state index is 12.7. The molecule has 2 aromatic rings. The van der Waals surface area contributed by atoms with Crippen LogP contribution in [0.25, 0.3) is 0 Å². The number of carbonyl (C=O) groups excluding carboxylic acids is 1. The van der Waals surface area contributed by atoms with E-state index in [2.05, 4.69) is 20.1 Å². The van der Waals surface area contributed by atoms with Gasteiger partial charge in [0.15, 0.2) is 6.61 Å². The lowest BCUT2D eigenvalue weighted by Gasteiger charge is -2.37. The minimum Gasteiger partial charge on any atom is -0.482 e. The third-order valence-electron chi connectivity index (χ3n) is 5.82. The van der Waals surface area contributed by atoms with Crippen molar-refractivity contribution >= 4 is 17.4 Å². The van der Waals surface area contributed by atoms with Crippen LogP contribution in [0.4, 0.5) is 24.7 Å². The van der Waals surface area contributed by atoms with Gasteiger partial charge in [0.25, 0.3) is 5.91 Å². The van der Waals surface area contributed by atoms with E-state index in [0.717, 1.165) is 37.2 Å². The third-order valence-corrected chi connectivity index (χ3v) is 5.82. The molecule has 1 aliphatic heterocycles. The fraction of sp³-hybridized carbons (Fsp3) is 0.520. The van der Waals surface area contributed by atoms with Crippen LogP contribution in [0.2, 0.25) is 0 Å². The summed E-state index contributed by atoms with van der Waals surface area (Å²) in [5.74, 6) is 0.771. The van der Waals surface area contributed by atoms with Gasteiger partial charge in [0, 0.05) is 53.0 Å². The van der Waals surface area contributed by atoms with Gasteiger partial charge in [-0.05, 0) is 56.1 Å². The predicted octanol–water partition coefficient (Wildman–Crippen LogP) is 3.97. The Labute approximate surface area is 204 Å². The first-order valence-electron chi connectivity index (χ1n) is 11.7. The summed E-state index contributed by atoms with van der Waals surface area (Å²) in [6.45, 7) is 7.02. The number of hydrogen-bond acceptors (Lipinski definition) is 6. The van der Waals surface area contributed by atoms with E-state index in [0.29, 0.717) is 36.7 Å². The molecule has 0 unspecified atom stereocenters. The first-order valence-corrected chi connectivity index (χ1v) is 11.7. The SMILES string of the molecule is Cc1ccc(N2CCN(CCCNc3ncc(C)cc3C(=O)N(C)C)CC2)c(OCC(F)(F)F)c1. The predicted molar refractivity (Wildman–Crippen MR) is 131 cm³/mol. The molecule has 192 valence electrons. The molecule has 1 amide bonds. The first kappa shape index (κ1) is 26.6. The Bertz CT molecular complexity index is 1010. The Balaban J connectivity index is 1.49. The molecule has 1 N–H and O–H groups in total. The fourth-order valence-corrected chi connectivity index (χ4v) is 3.99. The van der Waals surface area contributed by atoms with Gasteiger partial charge >= 0.3 is 6.18 Å². The molecule has 0 bridgehead atoms. The Morgan fingerprint density at radius 3 is 2.49 bits per heavy atom. The third kappa shape index (κ3) is 7.74. The van der Waals surface area contributed by atoms with Gasteiger partial charge < -0.3 is 19.9 Å². The number of amides is 1. The first-order chi connectivity index (χ1) is 16.5. The van der Waals surface area contributed by atoms with Crippen molar-refractivity contribution in [3.63, 3.8) is 0 Å². The van der Waals surface area contributed by atoms with Gasteiger partial charge in [-0.1, -0.05) is 6.07 Å². The van der Waals surface area contributed by atoms with Gasteiger partial charge in [0.05, 0.1) is 11.3 Å². The fourth-order valence-electron chi connectivity index (χ4n) is 3.99. The summed E-state index contributed by atoms with van der Waals surface area (Å²) in [5.41, 5.74) is 3.05. The lowest BCUT2D eigenvalue weighted by Crippen LogP contribution is -2.47. The lowest BCUT2D eigenvalue weighted by molar-refractivity contribution is -0.153. The second kappa shape index (κ2) is 11.6. The number of ether oxygens (including phenoxy) is 1. The number of rotatable bonds is 9. The van der Waals surface area contributed by atoms with Crippen LogP contribution in [0.3, 0.4) is 0 Å². The average molecular weight is 494 g/mol. The topological polar surface area (TPSA) is 60.9 Å². The summed E-state index contributed by atoms with van der Waals surface area (Å²) < 4.78 is 43.1. The molecule has 1 saturated heterocycles. The normalized spacial score (nSPS) is 14.7. The molecule has 1 aliphatic rings. The van der Waals surface area contributed by atoms with Crippen molar-refractivity contribution in [1.82, 2.24) is 14.8 Å². The number of alkyl halides is 3. The average Bonchev–Trinajstić information content (AvgIpc) is 2.81. The number of aryl methyl sites for hydroxylation is 2. The van der Waals surface area contributed by atoms with Gasteiger partial charge in [-0.3, -0.25) is 9.69 Å².